The van der Waals surface area contributed by atoms with E-state index in [0.29, 0.717) is 17.9 Å². The molecule has 1 aromatic heterocycles. The van der Waals surface area contributed by atoms with Crippen LogP contribution in [0.5, 0.6) is 11.6 Å². The lowest BCUT2D eigenvalue weighted by atomic mass is 9.71. The number of aliphatic hydroxyl groups excluding tert-OH is 1. The second kappa shape index (κ2) is 8.50. The lowest BCUT2D eigenvalue weighted by molar-refractivity contribution is -0.152. The molecule has 0 amide bonds. The molecule has 0 radical (unpaired) electrons. The summed E-state index contributed by atoms with van der Waals surface area (Å²) in [5, 5.41) is 24.8. The number of halogens is 2. The largest absolute Gasteiger partial charge is 0.481 e. The Morgan fingerprint density at radius 2 is 1.82 bits per heavy atom. The number of aromatic nitrogens is 1. The van der Waals surface area contributed by atoms with E-state index >= 15 is 0 Å². The van der Waals surface area contributed by atoms with Crippen molar-refractivity contribution in [2.45, 2.75) is 23.2 Å². The van der Waals surface area contributed by atoms with Gasteiger partial charge in [0.25, 0.3) is 0 Å². The summed E-state index contributed by atoms with van der Waals surface area (Å²) in [6.07, 6.45) is -1.18. The summed E-state index contributed by atoms with van der Waals surface area (Å²) in [6, 6.07) is 19.1. The van der Waals surface area contributed by atoms with Crippen molar-refractivity contribution in [2.24, 2.45) is 5.92 Å². The van der Waals surface area contributed by atoms with Crippen LogP contribution < -0.4 is 9.47 Å². The van der Waals surface area contributed by atoms with Crippen molar-refractivity contribution in [3.63, 3.8) is 0 Å². The fraction of sp³-hybridized carbons (Fsp3) is 0.346. The van der Waals surface area contributed by atoms with Gasteiger partial charge < -0.3 is 24.6 Å². The van der Waals surface area contributed by atoms with Crippen LogP contribution in [-0.2, 0) is 11.2 Å². The van der Waals surface area contributed by atoms with Gasteiger partial charge in [-0.15, -0.1) is 0 Å². The van der Waals surface area contributed by atoms with Gasteiger partial charge in [-0.2, -0.15) is 0 Å². The first-order valence-electron chi connectivity index (χ1n) is 11.0. The number of hydrogen-bond donors (Lipinski definition) is 2. The maximum Gasteiger partial charge on any atom is 0.224 e. The van der Waals surface area contributed by atoms with E-state index < -0.39 is 23.2 Å². The van der Waals surface area contributed by atoms with Gasteiger partial charge >= 0.3 is 0 Å². The second-order valence-corrected chi connectivity index (χ2v) is 10.5. The van der Waals surface area contributed by atoms with Crippen LogP contribution in [0.3, 0.4) is 0 Å². The number of methoxy groups -OCH3 is 1. The van der Waals surface area contributed by atoms with Crippen LogP contribution in [0.1, 0.15) is 22.6 Å². The minimum absolute atomic E-state index is 0.139. The number of pyridine rings is 1. The predicted molar refractivity (Wildman–Crippen MR) is 133 cm³/mol. The zero-order valence-electron chi connectivity index (χ0n) is 19.1. The highest BCUT2D eigenvalue weighted by Crippen LogP contribution is 2.69. The van der Waals surface area contributed by atoms with Gasteiger partial charge in [0, 0.05) is 28.9 Å². The van der Waals surface area contributed by atoms with Gasteiger partial charge in [-0.3, -0.25) is 0 Å². The first kappa shape index (κ1) is 23.6. The molecule has 0 saturated heterocycles. The maximum absolute atomic E-state index is 12.7. The molecule has 1 aliphatic carbocycles. The number of hydrogen-bond acceptors (Lipinski definition) is 6. The van der Waals surface area contributed by atoms with Crippen LogP contribution in [0, 0.1) is 5.92 Å². The summed E-state index contributed by atoms with van der Waals surface area (Å²) in [7, 11) is 5.38. The van der Waals surface area contributed by atoms with Gasteiger partial charge in [0.05, 0.1) is 18.8 Å². The van der Waals surface area contributed by atoms with Gasteiger partial charge in [-0.1, -0.05) is 70.0 Å². The Labute approximate surface area is 212 Å². The SMILES string of the molecule is COc1nc(Cl)cc2c1C1(O)C(O)C(CN(C)C)C(c3ccccc3)C1(c1ccc(Br)cc1)O2. The molecule has 178 valence electrons. The maximum atomic E-state index is 12.7. The molecule has 1 saturated carbocycles. The van der Waals surface area contributed by atoms with E-state index in [1.165, 1.54) is 7.11 Å². The summed E-state index contributed by atoms with van der Waals surface area (Å²) >= 11 is 9.79. The van der Waals surface area contributed by atoms with Crippen LogP contribution in [0.4, 0.5) is 0 Å². The molecule has 1 fully saturated rings. The van der Waals surface area contributed by atoms with Crippen molar-refractivity contribution in [3.8, 4) is 11.6 Å². The van der Waals surface area contributed by atoms with Gasteiger partial charge in [-0.05, 0) is 37.4 Å². The zero-order valence-corrected chi connectivity index (χ0v) is 21.4. The second-order valence-electron chi connectivity index (χ2n) is 9.20. The highest BCUT2D eigenvalue weighted by molar-refractivity contribution is 9.10. The third-order valence-corrected chi connectivity index (χ3v) is 7.76. The van der Waals surface area contributed by atoms with E-state index in [1.807, 2.05) is 73.6 Å². The van der Waals surface area contributed by atoms with Gasteiger partial charge in [0.2, 0.25) is 5.88 Å². The van der Waals surface area contributed by atoms with Crippen molar-refractivity contribution in [1.29, 1.82) is 0 Å². The van der Waals surface area contributed by atoms with Gasteiger partial charge in [0.15, 0.2) is 11.2 Å². The Hall–Kier alpha value is -2.16. The van der Waals surface area contributed by atoms with E-state index in [9.17, 15) is 10.2 Å². The highest BCUT2D eigenvalue weighted by atomic mass is 79.9. The van der Waals surface area contributed by atoms with E-state index in [-0.39, 0.29) is 17.0 Å². The molecule has 2 aliphatic rings. The molecule has 34 heavy (non-hydrogen) atoms. The fourth-order valence-corrected chi connectivity index (χ4v) is 6.31. The number of ether oxygens (including phenoxy) is 2. The van der Waals surface area contributed by atoms with Gasteiger partial charge in [-0.25, -0.2) is 4.98 Å². The van der Waals surface area contributed by atoms with E-state index in [0.717, 1.165) is 15.6 Å². The minimum Gasteiger partial charge on any atom is -0.481 e. The quantitative estimate of drug-likeness (QED) is 0.465. The van der Waals surface area contributed by atoms with Crippen LogP contribution >= 0.6 is 27.5 Å². The molecule has 3 aromatic rings. The Bertz CT molecular complexity index is 1210. The molecule has 5 unspecified atom stereocenters. The number of rotatable bonds is 5. The van der Waals surface area contributed by atoms with Crippen LogP contribution in [-0.4, -0.2) is 54.0 Å². The lowest BCUT2D eigenvalue weighted by Crippen LogP contribution is -2.52. The van der Waals surface area contributed by atoms with Crippen molar-refractivity contribution in [3.05, 3.63) is 87.0 Å². The molecule has 5 rings (SSSR count). The van der Waals surface area contributed by atoms with Crippen molar-refractivity contribution in [1.82, 2.24) is 9.88 Å². The number of aliphatic hydroxyl groups is 2. The lowest BCUT2D eigenvalue weighted by Gasteiger charge is -2.41. The summed E-state index contributed by atoms with van der Waals surface area (Å²) < 4.78 is 13.2. The summed E-state index contributed by atoms with van der Waals surface area (Å²) in [6.45, 7) is 0.531. The molecule has 8 heteroatoms. The third-order valence-electron chi connectivity index (χ3n) is 7.04. The number of nitrogens with zero attached hydrogens (tertiary/aromatic N) is 2. The molecule has 2 aromatic carbocycles. The first-order chi connectivity index (χ1) is 16.2. The third kappa shape index (κ3) is 3.22. The van der Waals surface area contributed by atoms with Crippen LogP contribution in [0.15, 0.2) is 65.1 Å². The normalized spacial score (nSPS) is 29.6. The summed E-state index contributed by atoms with van der Waals surface area (Å²) in [5.41, 5.74) is -1.19. The van der Waals surface area contributed by atoms with Crippen molar-refractivity contribution in [2.75, 3.05) is 27.7 Å². The summed E-state index contributed by atoms with van der Waals surface area (Å²) in [5.74, 6) is -0.265. The Kier molecular flexibility index (Phi) is 5.89. The molecule has 0 spiro atoms. The number of fused-ring (bicyclic) bond motifs is 3. The van der Waals surface area contributed by atoms with Crippen LogP contribution in [0.25, 0.3) is 0 Å². The zero-order chi connectivity index (χ0) is 24.3. The molecule has 0 bridgehead atoms. The van der Waals surface area contributed by atoms with Crippen LogP contribution in [0.2, 0.25) is 5.15 Å². The molecular weight excluding hydrogens is 520 g/mol. The molecule has 1 aliphatic heterocycles. The first-order valence-corrected chi connectivity index (χ1v) is 12.2. The fourth-order valence-electron chi connectivity index (χ4n) is 5.87. The standard InChI is InChI=1S/C26H26BrClN2O4/c1-30(2)14-18-21(15-7-5-4-6-8-15)26(16-9-11-17(27)12-10-16)25(32,23(18)31)22-19(34-26)13-20(28)29-24(22)33-3/h4-13,18,21,23,31-32H,14H2,1-3H3. The van der Waals surface area contributed by atoms with Crippen molar-refractivity contribution < 1.29 is 19.7 Å². The number of benzene rings is 2. The minimum atomic E-state index is -1.85. The molecule has 2 N–H and O–H groups in total. The Morgan fingerprint density at radius 3 is 2.44 bits per heavy atom. The predicted octanol–water partition coefficient (Wildman–Crippen LogP) is 4.32. The van der Waals surface area contributed by atoms with E-state index in [1.54, 1.807) is 6.07 Å². The topological polar surface area (TPSA) is 75.0 Å². The van der Waals surface area contributed by atoms with E-state index in [2.05, 4.69) is 20.9 Å². The molecule has 5 atom stereocenters. The van der Waals surface area contributed by atoms with E-state index in [4.69, 9.17) is 21.1 Å². The Morgan fingerprint density at radius 1 is 1.15 bits per heavy atom. The summed E-state index contributed by atoms with van der Waals surface area (Å²) in [4.78, 5) is 6.32. The van der Waals surface area contributed by atoms with Crippen molar-refractivity contribution >= 4 is 27.5 Å². The smallest absolute Gasteiger partial charge is 0.224 e. The molecule has 6 nitrogen and oxygen atoms in total. The monoisotopic (exact) mass is 544 g/mol. The van der Waals surface area contributed by atoms with Gasteiger partial charge in [0.1, 0.15) is 10.9 Å². The Balaban J connectivity index is 1.87. The average molecular weight is 546 g/mol. The average Bonchev–Trinajstić information content (AvgIpc) is 3.17. The highest BCUT2D eigenvalue weighted by Gasteiger charge is 2.76. The molecular formula is C26H26BrClN2O4. The molecule has 2 heterocycles.